The molecule has 0 amide bonds. The van der Waals surface area contributed by atoms with Crippen molar-refractivity contribution in [3.63, 3.8) is 0 Å². The Hall–Kier alpha value is 0.01000. The van der Waals surface area contributed by atoms with Gasteiger partial charge in [0.2, 0.25) is 0 Å². The summed E-state index contributed by atoms with van der Waals surface area (Å²) in [5, 5.41) is 14.4. The van der Waals surface area contributed by atoms with Crippen LogP contribution >= 0.6 is 23.2 Å². The molecule has 64 valence electrons. The van der Waals surface area contributed by atoms with Crippen molar-refractivity contribution in [3.05, 3.63) is 0 Å². The van der Waals surface area contributed by atoms with Gasteiger partial charge in [-0.15, -0.1) is 23.2 Å². The Bertz CT molecular complexity index is 52.9. The Kier molecular flexibility index (Phi) is 38.1. The lowest BCUT2D eigenvalue weighted by Crippen LogP contribution is -1.78. The monoisotopic (exact) mass is 190 g/mol. The van der Waals surface area contributed by atoms with Crippen molar-refractivity contribution in [1.29, 1.82) is 0 Å². The van der Waals surface area contributed by atoms with E-state index in [2.05, 4.69) is 0 Å². The molecule has 0 unspecified atom stereocenters. The highest BCUT2D eigenvalue weighted by molar-refractivity contribution is 6.25. The number of rotatable bonds is 1. The third-order valence-corrected chi connectivity index (χ3v) is 0.643. The number of carboxylic acids is 1. The second-order valence-corrected chi connectivity index (χ2v) is 1.65. The normalized spacial score (nSPS) is 6.10. The predicted molar refractivity (Wildman–Crippen MR) is 42.9 cm³/mol. The summed E-state index contributed by atoms with van der Waals surface area (Å²) in [6, 6.07) is 0. The molecule has 0 bridgehead atoms. The zero-order chi connectivity index (χ0) is 8.99. The molecule has 0 aliphatic carbocycles. The van der Waals surface area contributed by atoms with E-state index in [1.807, 2.05) is 0 Å². The van der Waals surface area contributed by atoms with Crippen molar-refractivity contribution in [2.24, 2.45) is 0 Å². The molecule has 0 aliphatic heterocycles. The van der Waals surface area contributed by atoms with E-state index < -0.39 is 5.97 Å². The van der Waals surface area contributed by atoms with Crippen molar-refractivity contribution in [2.45, 2.75) is 6.92 Å². The highest BCUT2D eigenvalue weighted by Crippen LogP contribution is 1.75. The summed E-state index contributed by atoms with van der Waals surface area (Å²) < 4.78 is 0. The van der Waals surface area contributed by atoms with Crippen LogP contribution in [0.4, 0.5) is 0 Å². The Morgan fingerprint density at radius 2 is 1.40 bits per heavy atom. The van der Waals surface area contributed by atoms with Crippen molar-refractivity contribution >= 4 is 29.2 Å². The summed E-state index contributed by atoms with van der Waals surface area (Å²) in [5.74, 6) is 0.281. The summed E-state index contributed by atoms with van der Waals surface area (Å²) in [5.41, 5.74) is 0. The summed E-state index contributed by atoms with van der Waals surface area (Å²) in [7, 11) is 1.00. The van der Waals surface area contributed by atoms with Crippen molar-refractivity contribution < 1.29 is 15.0 Å². The maximum absolute atomic E-state index is 9.00. The van der Waals surface area contributed by atoms with Gasteiger partial charge >= 0.3 is 0 Å². The molecule has 10 heavy (non-hydrogen) atoms. The molecule has 0 rings (SSSR count). The summed E-state index contributed by atoms with van der Waals surface area (Å²) >= 11 is 10.1. The lowest BCUT2D eigenvalue weighted by molar-refractivity contribution is -0.134. The van der Waals surface area contributed by atoms with Crippen molar-refractivity contribution in [1.82, 2.24) is 0 Å². The first-order chi connectivity index (χ1) is 4.65. The first-order valence-electron chi connectivity index (χ1n) is 2.41. The zero-order valence-corrected chi connectivity index (χ0v) is 7.48. The molecule has 0 radical (unpaired) electrons. The summed E-state index contributed by atoms with van der Waals surface area (Å²) in [6.45, 7) is 1.08. The fourth-order valence-corrected chi connectivity index (χ4v) is 0. The first kappa shape index (κ1) is 16.5. The minimum absolute atomic E-state index is 0.557. The Morgan fingerprint density at radius 1 is 1.30 bits per heavy atom. The maximum Gasteiger partial charge on any atom is 0.300 e. The number of aliphatic carboxylic acids is 1. The number of halogens is 2. The number of carboxylic acid groups (broad SMARTS) is 1. The number of alkyl halides is 2. The van der Waals surface area contributed by atoms with E-state index in [-0.39, 0.29) is 0 Å². The second-order valence-electron chi connectivity index (χ2n) is 0.897. The molecule has 0 spiro atoms. The number of hydrogen-bond donors (Lipinski definition) is 2. The molecule has 3 nitrogen and oxygen atoms in total. The predicted octanol–water partition coefficient (Wildman–Crippen LogP) is 1.16. The highest BCUT2D eigenvalue weighted by Gasteiger charge is 1.65. The molecule has 0 saturated carbocycles. The topological polar surface area (TPSA) is 57.5 Å². The zero-order valence-electron chi connectivity index (χ0n) is 5.97. The van der Waals surface area contributed by atoms with E-state index in [1.54, 1.807) is 0 Å². The van der Waals surface area contributed by atoms with Crippen LogP contribution in [0.15, 0.2) is 0 Å². The van der Waals surface area contributed by atoms with Crippen LogP contribution < -0.4 is 0 Å². The van der Waals surface area contributed by atoms with Gasteiger partial charge in [-0.25, -0.2) is 0 Å². The standard InChI is InChI=1S/C2H4Cl2.C2H4O2.CH4O/c3-1-2-4;1-2(3)4;1-2/h1-2H2;1H3,(H,3,4);2H,1H3. The van der Waals surface area contributed by atoms with Crippen LogP contribution in [0, 0.1) is 0 Å². The smallest absolute Gasteiger partial charge is 0.300 e. The quantitative estimate of drug-likeness (QED) is 0.611. The first-order valence-corrected chi connectivity index (χ1v) is 3.48. The molecule has 0 aromatic carbocycles. The largest absolute Gasteiger partial charge is 0.481 e. The number of aliphatic hydroxyl groups is 1. The van der Waals surface area contributed by atoms with Gasteiger partial charge in [-0.05, 0) is 0 Å². The molecule has 0 aromatic heterocycles. The van der Waals surface area contributed by atoms with E-state index >= 15 is 0 Å². The van der Waals surface area contributed by atoms with Gasteiger partial charge in [0.25, 0.3) is 5.97 Å². The third-order valence-electron chi connectivity index (χ3n) is 0.0714. The van der Waals surface area contributed by atoms with Crippen LogP contribution in [-0.4, -0.2) is 35.1 Å². The van der Waals surface area contributed by atoms with Gasteiger partial charge in [0.15, 0.2) is 0 Å². The van der Waals surface area contributed by atoms with Crippen LogP contribution in [0.5, 0.6) is 0 Å². The second kappa shape index (κ2) is 23.0. The average molecular weight is 191 g/mol. The Balaban J connectivity index is -0.0000000787. The van der Waals surface area contributed by atoms with Crippen LogP contribution in [0.2, 0.25) is 0 Å². The van der Waals surface area contributed by atoms with E-state index in [9.17, 15) is 0 Å². The molecule has 0 atom stereocenters. The number of hydrogen-bond acceptors (Lipinski definition) is 2. The van der Waals surface area contributed by atoms with Crippen LogP contribution in [0.3, 0.4) is 0 Å². The molecular formula is C5H12Cl2O3. The third kappa shape index (κ3) is 386. The SMILES string of the molecule is CC(=O)O.CO.ClCCCl. The van der Waals surface area contributed by atoms with Gasteiger partial charge in [-0.2, -0.15) is 0 Å². The highest BCUT2D eigenvalue weighted by atomic mass is 35.5. The number of carbonyl (C=O) groups is 1. The average Bonchev–Trinajstić information content (AvgIpc) is 1.91. The molecule has 0 aliphatic rings. The van der Waals surface area contributed by atoms with Gasteiger partial charge in [-0.1, -0.05) is 0 Å². The van der Waals surface area contributed by atoms with Gasteiger partial charge in [0, 0.05) is 25.8 Å². The lowest BCUT2D eigenvalue weighted by atomic mass is 10.9. The van der Waals surface area contributed by atoms with Gasteiger partial charge in [0.1, 0.15) is 0 Å². The lowest BCUT2D eigenvalue weighted by Gasteiger charge is -1.63. The van der Waals surface area contributed by atoms with E-state index in [0.29, 0.717) is 11.8 Å². The molecule has 2 N–H and O–H groups in total. The number of aliphatic hydroxyl groups excluding tert-OH is 1. The van der Waals surface area contributed by atoms with Gasteiger partial charge in [0.05, 0.1) is 0 Å². The fraction of sp³-hybridized carbons (Fsp3) is 0.800. The maximum atomic E-state index is 9.00. The molecular weight excluding hydrogens is 179 g/mol. The van der Waals surface area contributed by atoms with Crippen molar-refractivity contribution in [3.8, 4) is 0 Å². The minimum Gasteiger partial charge on any atom is -0.481 e. The molecule has 0 aromatic rings. The van der Waals surface area contributed by atoms with Crippen LogP contribution in [0.1, 0.15) is 6.92 Å². The van der Waals surface area contributed by atoms with Crippen molar-refractivity contribution in [2.75, 3.05) is 18.9 Å². The van der Waals surface area contributed by atoms with E-state index in [1.165, 1.54) is 0 Å². The van der Waals surface area contributed by atoms with Gasteiger partial charge < -0.3 is 10.2 Å². The summed E-state index contributed by atoms with van der Waals surface area (Å²) in [4.78, 5) is 9.00. The molecule has 0 fully saturated rings. The van der Waals surface area contributed by atoms with E-state index in [4.69, 9.17) is 38.2 Å². The minimum atomic E-state index is -0.833. The van der Waals surface area contributed by atoms with Crippen LogP contribution in [-0.2, 0) is 4.79 Å². The molecule has 0 saturated heterocycles. The van der Waals surface area contributed by atoms with Gasteiger partial charge in [-0.3, -0.25) is 4.79 Å². The molecule has 5 heteroatoms. The Labute approximate surface area is 70.6 Å². The van der Waals surface area contributed by atoms with E-state index in [0.717, 1.165) is 14.0 Å². The molecule has 0 heterocycles. The van der Waals surface area contributed by atoms with Crippen LogP contribution in [0.25, 0.3) is 0 Å². The Morgan fingerprint density at radius 3 is 1.40 bits per heavy atom. The summed E-state index contributed by atoms with van der Waals surface area (Å²) in [6.07, 6.45) is 0. The fourth-order valence-electron chi connectivity index (χ4n) is 0.